The number of carbonyl (C=O) groups excluding carboxylic acids is 2. The number of aliphatic hydroxyl groups excluding tert-OH is 2. The lowest BCUT2D eigenvalue weighted by Crippen LogP contribution is -2.46. The maximum Gasteiger partial charge on any atom is 0.306 e. The number of esters is 1. The van der Waals surface area contributed by atoms with Gasteiger partial charge in [-0.15, -0.1) is 0 Å². The highest BCUT2D eigenvalue weighted by Gasteiger charge is 2.24. The molecule has 0 aliphatic heterocycles. The van der Waals surface area contributed by atoms with E-state index in [1.54, 1.807) is 0 Å². The van der Waals surface area contributed by atoms with E-state index in [9.17, 15) is 19.8 Å². The highest BCUT2D eigenvalue weighted by atomic mass is 16.5. The molecule has 6 heteroatoms. The molecule has 3 unspecified atom stereocenters. The van der Waals surface area contributed by atoms with Crippen LogP contribution in [-0.2, 0) is 14.3 Å². The highest BCUT2D eigenvalue weighted by Crippen LogP contribution is 2.17. The van der Waals surface area contributed by atoms with Gasteiger partial charge in [-0.05, 0) is 83.5 Å². The Labute approximate surface area is 438 Å². The van der Waals surface area contributed by atoms with E-state index in [2.05, 4.69) is 123 Å². The van der Waals surface area contributed by atoms with Crippen LogP contribution in [-0.4, -0.2) is 46.9 Å². The van der Waals surface area contributed by atoms with E-state index in [1.165, 1.54) is 96.3 Å². The highest BCUT2D eigenvalue weighted by molar-refractivity contribution is 5.77. The third kappa shape index (κ3) is 52.4. The van der Waals surface area contributed by atoms with Gasteiger partial charge in [0.25, 0.3) is 0 Å². The molecule has 0 aromatic carbocycles. The number of unbranched alkanes of at least 4 members (excludes halogenated alkanes) is 23. The van der Waals surface area contributed by atoms with Crippen LogP contribution in [0.25, 0.3) is 0 Å². The molecule has 0 aromatic rings. The molecule has 3 N–H and O–H groups in total. The molecule has 0 aromatic heterocycles. The van der Waals surface area contributed by atoms with Crippen LogP contribution in [0.5, 0.6) is 0 Å². The second-order valence-electron chi connectivity index (χ2n) is 19.4. The molecule has 1 amide bonds. The first kappa shape index (κ1) is 67.3. The summed E-state index contributed by atoms with van der Waals surface area (Å²) in [6.45, 7) is 6.27. The molecule has 0 spiro atoms. The Balaban J connectivity index is 4.72. The fourth-order valence-corrected chi connectivity index (χ4v) is 8.26. The standard InChI is InChI=1S/C65H109NO5/c1-4-7-10-13-16-19-22-25-28-31-34-37-40-43-46-49-52-55-58-65(70)71-61(56-53-50-47-44-41-38-35-32-29-26-23-20-17-14-11-8-5-2)59-64(69)66-62(60-67)63(68)57-54-51-48-45-42-39-36-33-30-27-24-21-18-15-12-9-6-3/h8,10-11,13,16-17,19-20,22,25-26,28-29,31,34-35,37-38,44,47,61-63,67-68H,4-7,9,12,14-15,18,21,23-24,27,30,32-33,36,39-43,45-46,48-60H2,1-3H3,(H,66,69)/b11-8-,13-10+,19-16+,20-17-,25-22+,29-26-,31-28+,37-34+,38-35-,47-44-. The summed E-state index contributed by atoms with van der Waals surface area (Å²) in [5.74, 6) is -0.565. The monoisotopic (exact) mass is 984 g/mol. The smallest absolute Gasteiger partial charge is 0.306 e. The molecule has 0 fully saturated rings. The molecule has 0 aliphatic carbocycles. The van der Waals surface area contributed by atoms with Crippen molar-refractivity contribution in [2.24, 2.45) is 0 Å². The van der Waals surface area contributed by atoms with Crippen molar-refractivity contribution in [3.8, 4) is 0 Å². The minimum Gasteiger partial charge on any atom is -0.462 e. The van der Waals surface area contributed by atoms with Gasteiger partial charge in [0.1, 0.15) is 6.10 Å². The minimum atomic E-state index is -0.817. The van der Waals surface area contributed by atoms with Crippen LogP contribution in [0.1, 0.15) is 252 Å². The molecule has 0 rings (SSSR count). The third-order valence-electron chi connectivity index (χ3n) is 12.6. The van der Waals surface area contributed by atoms with E-state index in [0.717, 1.165) is 109 Å². The van der Waals surface area contributed by atoms with Crippen molar-refractivity contribution >= 4 is 11.9 Å². The average Bonchev–Trinajstić information content (AvgIpc) is 3.36. The Morgan fingerprint density at radius 2 is 0.859 bits per heavy atom. The fourth-order valence-electron chi connectivity index (χ4n) is 8.26. The van der Waals surface area contributed by atoms with Crippen molar-refractivity contribution in [1.82, 2.24) is 5.32 Å². The maximum absolute atomic E-state index is 13.3. The third-order valence-corrected chi connectivity index (χ3v) is 12.6. The molecule has 0 radical (unpaired) electrons. The summed E-state index contributed by atoms with van der Waals surface area (Å²) in [7, 11) is 0. The van der Waals surface area contributed by atoms with E-state index in [0.29, 0.717) is 19.3 Å². The molecular formula is C65H109NO5. The van der Waals surface area contributed by atoms with Gasteiger partial charge in [-0.25, -0.2) is 0 Å². The Morgan fingerprint density at radius 3 is 1.35 bits per heavy atom. The zero-order valence-corrected chi connectivity index (χ0v) is 46.1. The quantitative estimate of drug-likeness (QED) is 0.0244. The second kappa shape index (κ2) is 57.2. The van der Waals surface area contributed by atoms with Gasteiger partial charge in [-0.2, -0.15) is 0 Å². The second-order valence-corrected chi connectivity index (χ2v) is 19.4. The van der Waals surface area contributed by atoms with Crippen molar-refractivity contribution in [3.05, 3.63) is 122 Å². The van der Waals surface area contributed by atoms with Gasteiger partial charge in [0.05, 0.1) is 25.2 Å². The number of ether oxygens (including phenoxy) is 1. The van der Waals surface area contributed by atoms with Gasteiger partial charge in [-0.1, -0.05) is 277 Å². The molecule has 6 nitrogen and oxygen atoms in total. The molecule has 0 saturated carbocycles. The molecule has 0 heterocycles. The SMILES string of the molecule is CC/C=C\C/C=C\C/C=C\C/C=C\C/C=C\CCCC(CC(=O)NC(CO)C(O)CCCCCCCCCCCCCCCCCCC)OC(=O)CCCCCCC/C=C/C=C/C=C/C=C/C=C/CCC. The van der Waals surface area contributed by atoms with Crippen LogP contribution in [0.15, 0.2) is 122 Å². The van der Waals surface area contributed by atoms with Crippen LogP contribution in [0.2, 0.25) is 0 Å². The van der Waals surface area contributed by atoms with Gasteiger partial charge < -0.3 is 20.3 Å². The summed E-state index contributed by atoms with van der Waals surface area (Å²) in [5.41, 5.74) is 0. The molecule has 3 atom stereocenters. The lowest BCUT2D eigenvalue weighted by molar-refractivity contribution is -0.151. The zero-order valence-electron chi connectivity index (χ0n) is 46.1. The summed E-state index contributed by atoms with van der Waals surface area (Å²) in [4.78, 5) is 26.3. The Bertz CT molecular complexity index is 1480. The molecule has 0 bridgehead atoms. The van der Waals surface area contributed by atoms with Gasteiger partial charge in [0, 0.05) is 6.42 Å². The fraction of sp³-hybridized carbons (Fsp3) is 0.662. The Morgan fingerprint density at radius 1 is 0.437 bits per heavy atom. The number of hydrogen-bond donors (Lipinski definition) is 3. The van der Waals surface area contributed by atoms with Crippen molar-refractivity contribution in [2.45, 2.75) is 270 Å². The van der Waals surface area contributed by atoms with Gasteiger partial charge >= 0.3 is 5.97 Å². The Kier molecular flexibility index (Phi) is 54.2. The normalized spacial score (nSPS) is 14.0. The van der Waals surface area contributed by atoms with Crippen LogP contribution in [0.4, 0.5) is 0 Å². The van der Waals surface area contributed by atoms with Crippen LogP contribution in [0, 0.1) is 0 Å². The predicted octanol–water partition coefficient (Wildman–Crippen LogP) is 18.4. The topological polar surface area (TPSA) is 95.9 Å². The number of amides is 1. The van der Waals surface area contributed by atoms with Crippen LogP contribution >= 0.6 is 0 Å². The van der Waals surface area contributed by atoms with E-state index in [-0.39, 0.29) is 24.9 Å². The van der Waals surface area contributed by atoms with E-state index in [1.807, 2.05) is 24.3 Å². The number of nitrogens with one attached hydrogen (secondary N) is 1. The first-order valence-electron chi connectivity index (χ1n) is 29.3. The van der Waals surface area contributed by atoms with Crippen molar-refractivity contribution in [2.75, 3.05) is 6.61 Å². The molecule has 0 aliphatic rings. The summed E-state index contributed by atoms with van der Waals surface area (Å²) < 4.78 is 5.93. The summed E-state index contributed by atoms with van der Waals surface area (Å²) in [5, 5.41) is 23.9. The lowest BCUT2D eigenvalue weighted by atomic mass is 10.0. The number of hydrogen-bond acceptors (Lipinski definition) is 5. The summed E-state index contributed by atoms with van der Waals surface area (Å²) in [6, 6.07) is -0.735. The molecular weight excluding hydrogens is 875 g/mol. The van der Waals surface area contributed by atoms with E-state index in [4.69, 9.17) is 4.74 Å². The summed E-state index contributed by atoms with van der Waals surface area (Å²) >= 11 is 0. The van der Waals surface area contributed by atoms with Gasteiger partial charge in [-0.3, -0.25) is 9.59 Å². The first-order valence-corrected chi connectivity index (χ1v) is 29.3. The summed E-state index contributed by atoms with van der Waals surface area (Å²) in [6.07, 6.45) is 79.7. The van der Waals surface area contributed by atoms with Crippen LogP contribution < -0.4 is 5.32 Å². The van der Waals surface area contributed by atoms with E-state index >= 15 is 0 Å². The minimum absolute atomic E-state index is 0.0204. The van der Waals surface area contributed by atoms with E-state index < -0.39 is 18.2 Å². The molecule has 71 heavy (non-hydrogen) atoms. The van der Waals surface area contributed by atoms with Gasteiger partial charge in [0.15, 0.2) is 0 Å². The molecule has 404 valence electrons. The largest absolute Gasteiger partial charge is 0.462 e. The first-order chi connectivity index (χ1) is 35.0. The predicted molar refractivity (Wildman–Crippen MR) is 310 cm³/mol. The van der Waals surface area contributed by atoms with Gasteiger partial charge in [0.2, 0.25) is 5.91 Å². The number of aliphatic hydroxyl groups is 2. The number of rotatable bonds is 51. The number of allylic oxidation sites excluding steroid dienone is 20. The van der Waals surface area contributed by atoms with Crippen molar-refractivity contribution in [1.29, 1.82) is 0 Å². The number of carbonyl (C=O) groups is 2. The van der Waals surface area contributed by atoms with Crippen molar-refractivity contribution in [3.63, 3.8) is 0 Å². The molecule has 0 saturated heterocycles. The lowest BCUT2D eigenvalue weighted by Gasteiger charge is -2.24. The zero-order chi connectivity index (χ0) is 51.6. The Hall–Kier alpha value is -3.74. The maximum atomic E-state index is 13.3. The average molecular weight is 985 g/mol. The van der Waals surface area contributed by atoms with Crippen molar-refractivity contribution < 1.29 is 24.5 Å². The van der Waals surface area contributed by atoms with Crippen LogP contribution in [0.3, 0.4) is 0 Å².